The highest BCUT2D eigenvalue weighted by molar-refractivity contribution is 5.90. The van der Waals surface area contributed by atoms with Gasteiger partial charge < -0.3 is 14.3 Å². The van der Waals surface area contributed by atoms with Crippen molar-refractivity contribution in [1.29, 1.82) is 0 Å². The van der Waals surface area contributed by atoms with E-state index in [2.05, 4.69) is 11.1 Å². The number of para-hydroxylation sites is 1. The van der Waals surface area contributed by atoms with Crippen LogP contribution in [0.2, 0.25) is 0 Å². The third kappa shape index (κ3) is 2.27. The quantitative estimate of drug-likeness (QED) is 0.802. The maximum absolute atomic E-state index is 9.05. The van der Waals surface area contributed by atoms with Crippen LogP contribution in [0.25, 0.3) is 11.0 Å². The van der Waals surface area contributed by atoms with Gasteiger partial charge in [0.15, 0.2) is 5.90 Å². The molecule has 0 aliphatic carbocycles. The molecule has 0 fully saturated rings. The number of aliphatic hydroxyl groups excluding tert-OH is 1. The SMILES string of the molecule is OCCc1coc2cc(OC3=Nc4ccccc4C3)ccc12. The van der Waals surface area contributed by atoms with Crippen molar-refractivity contribution in [3.05, 3.63) is 59.9 Å². The molecule has 2 heterocycles. The third-order valence-corrected chi connectivity index (χ3v) is 3.82. The Kier molecular flexibility index (Phi) is 3.16. The largest absolute Gasteiger partial charge is 0.464 e. The molecule has 110 valence electrons. The van der Waals surface area contributed by atoms with Crippen LogP contribution >= 0.6 is 0 Å². The fourth-order valence-corrected chi connectivity index (χ4v) is 2.74. The highest BCUT2D eigenvalue weighted by atomic mass is 16.5. The first-order valence-corrected chi connectivity index (χ1v) is 7.28. The summed E-state index contributed by atoms with van der Waals surface area (Å²) in [5.41, 5.74) is 3.93. The second kappa shape index (κ2) is 5.31. The minimum atomic E-state index is 0.113. The number of benzene rings is 2. The number of furan rings is 1. The molecule has 3 aromatic rings. The number of fused-ring (bicyclic) bond motifs is 2. The molecule has 4 rings (SSSR count). The average molecular weight is 293 g/mol. The van der Waals surface area contributed by atoms with Gasteiger partial charge in [-0.1, -0.05) is 18.2 Å². The minimum Gasteiger partial charge on any atom is -0.464 e. The predicted octanol–water partition coefficient (Wildman–Crippen LogP) is 3.63. The smallest absolute Gasteiger partial charge is 0.199 e. The van der Waals surface area contributed by atoms with Crippen LogP contribution in [0.15, 0.2) is 58.1 Å². The number of hydrogen-bond acceptors (Lipinski definition) is 4. The van der Waals surface area contributed by atoms with Crippen molar-refractivity contribution in [2.24, 2.45) is 4.99 Å². The molecule has 0 amide bonds. The van der Waals surface area contributed by atoms with Gasteiger partial charge in [-0.25, -0.2) is 4.99 Å². The van der Waals surface area contributed by atoms with Gasteiger partial charge in [0, 0.05) is 23.6 Å². The Morgan fingerprint density at radius 2 is 2.09 bits per heavy atom. The molecule has 1 aromatic heterocycles. The highest BCUT2D eigenvalue weighted by Crippen LogP contribution is 2.29. The van der Waals surface area contributed by atoms with E-state index in [9.17, 15) is 0 Å². The van der Waals surface area contributed by atoms with Gasteiger partial charge in [-0.15, -0.1) is 0 Å². The minimum absolute atomic E-state index is 0.113. The van der Waals surface area contributed by atoms with Crippen molar-refractivity contribution >= 4 is 22.6 Å². The zero-order valence-corrected chi connectivity index (χ0v) is 12.0. The maximum Gasteiger partial charge on any atom is 0.199 e. The number of aliphatic imine (C=N–C) groups is 1. The Hall–Kier alpha value is -2.59. The van der Waals surface area contributed by atoms with E-state index in [1.165, 1.54) is 5.56 Å². The van der Waals surface area contributed by atoms with Gasteiger partial charge in [0.05, 0.1) is 18.4 Å². The Balaban J connectivity index is 1.58. The van der Waals surface area contributed by atoms with Crippen LogP contribution in [0.5, 0.6) is 5.75 Å². The van der Waals surface area contributed by atoms with Crippen molar-refractivity contribution < 1.29 is 14.3 Å². The summed E-state index contributed by atoms with van der Waals surface area (Å²) in [4.78, 5) is 4.49. The van der Waals surface area contributed by atoms with Crippen LogP contribution in [0, 0.1) is 0 Å². The fourth-order valence-electron chi connectivity index (χ4n) is 2.74. The Morgan fingerprint density at radius 3 is 2.95 bits per heavy atom. The van der Waals surface area contributed by atoms with Gasteiger partial charge in [-0.3, -0.25) is 0 Å². The molecule has 0 saturated heterocycles. The van der Waals surface area contributed by atoms with Gasteiger partial charge in [0.2, 0.25) is 0 Å². The molecule has 22 heavy (non-hydrogen) atoms. The number of aliphatic hydroxyl groups is 1. The Bertz CT molecular complexity index is 864. The van der Waals surface area contributed by atoms with Crippen LogP contribution < -0.4 is 4.74 Å². The molecule has 0 unspecified atom stereocenters. The van der Waals surface area contributed by atoms with Gasteiger partial charge in [0.25, 0.3) is 0 Å². The topological polar surface area (TPSA) is 55.0 Å². The molecule has 0 radical (unpaired) electrons. The van der Waals surface area contributed by atoms with Crippen molar-refractivity contribution in [2.75, 3.05) is 6.61 Å². The molecule has 1 aliphatic rings. The van der Waals surface area contributed by atoms with Gasteiger partial charge in [-0.05, 0) is 30.2 Å². The Morgan fingerprint density at radius 1 is 1.18 bits per heavy atom. The van der Waals surface area contributed by atoms with Crippen LogP contribution in [0.4, 0.5) is 5.69 Å². The summed E-state index contributed by atoms with van der Waals surface area (Å²) in [5.74, 6) is 1.41. The zero-order valence-electron chi connectivity index (χ0n) is 12.0. The van der Waals surface area contributed by atoms with Crippen LogP contribution in [0.1, 0.15) is 11.1 Å². The monoisotopic (exact) mass is 293 g/mol. The first kappa shape index (κ1) is 13.1. The van der Waals surface area contributed by atoms with E-state index in [1.54, 1.807) is 6.26 Å². The Labute approximate surface area is 127 Å². The lowest BCUT2D eigenvalue weighted by atomic mass is 10.1. The summed E-state index contributed by atoms with van der Waals surface area (Å²) in [5, 5.41) is 10.1. The summed E-state index contributed by atoms with van der Waals surface area (Å²) in [6.07, 6.45) is 2.99. The lowest BCUT2D eigenvalue weighted by Gasteiger charge is -2.04. The molecule has 0 saturated carbocycles. The van der Waals surface area contributed by atoms with Gasteiger partial charge in [0.1, 0.15) is 11.3 Å². The number of ether oxygens (including phenoxy) is 1. The van der Waals surface area contributed by atoms with E-state index in [-0.39, 0.29) is 6.61 Å². The van der Waals surface area contributed by atoms with E-state index < -0.39 is 0 Å². The van der Waals surface area contributed by atoms with Crippen molar-refractivity contribution in [3.8, 4) is 5.75 Å². The summed E-state index contributed by atoms with van der Waals surface area (Å²) in [6.45, 7) is 0.113. The number of rotatable bonds is 3. The highest BCUT2D eigenvalue weighted by Gasteiger charge is 2.16. The molecule has 4 heteroatoms. The first-order chi connectivity index (χ1) is 10.8. The van der Waals surface area contributed by atoms with Crippen molar-refractivity contribution in [1.82, 2.24) is 0 Å². The van der Waals surface area contributed by atoms with E-state index in [0.717, 1.165) is 22.2 Å². The lowest BCUT2D eigenvalue weighted by Crippen LogP contribution is -2.07. The average Bonchev–Trinajstić information content (AvgIpc) is 3.11. The zero-order chi connectivity index (χ0) is 14.9. The fraction of sp³-hybridized carbons (Fsp3) is 0.167. The second-order valence-corrected chi connectivity index (χ2v) is 5.31. The summed E-state index contributed by atoms with van der Waals surface area (Å²) < 4.78 is 11.4. The van der Waals surface area contributed by atoms with Crippen LogP contribution in [0.3, 0.4) is 0 Å². The third-order valence-electron chi connectivity index (χ3n) is 3.82. The normalized spacial score (nSPS) is 13.2. The molecule has 4 nitrogen and oxygen atoms in total. The van der Waals surface area contributed by atoms with Crippen molar-refractivity contribution in [3.63, 3.8) is 0 Å². The maximum atomic E-state index is 9.05. The van der Waals surface area contributed by atoms with E-state index in [1.807, 2.05) is 36.4 Å². The molecular formula is C18H15NO3. The van der Waals surface area contributed by atoms with Crippen LogP contribution in [-0.4, -0.2) is 17.6 Å². The second-order valence-electron chi connectivity index (χ2n) is 5.31. The summed E-state index contributed by atoms with van der Waals surface area (Å²) in [7, 11) is 0. The molecular weight excluding hydrogens is 278 g/mol. The van der Waals surface area contributed by atoms with Gasteiger partial charge >= 0.3 is 0 Å². The molecule has 0 spiro atoms. The molecule has 0 atom stereocenters. The summed E-state index contributed by atoms with van der Waals surface area (Å²) in [6, 6.07) is 13.8. The van der Waals surface area contributed by atoms with Gasteiger partial charge in [-0.2, -0.15) is 0 Å². The predicted molar refractivity (Wildman–Crippen MR) is 84.9 cm³/mol. The summed E-state index contributed by atoms with van der Waals surface area (Å²) >= 11 is 0. The van der Waals surface area contributed by atoms with Crippen molar-refractivity contribution in [2.45, 2.75) is 12.8 Å². The van der Waals surface area contributed by atoms with E-state index in [4.69, 9.17) is 14.3 Å². The van der Waals surface area contributed by atoms with E-state index >= 15 is 0 Å². The standard InChI is InChI=1S/C18H15NO3/c20-8-7-13-11-21-17-10-14(5-6-15(13)17)22-18-9-12-3-1-2-4-16(12)19-18/h1-6,10-11,20H,7-9H2. The molecule has 1 aliphatic heterocycles. The number of nitrogens with zero attached hydrogens (tertiary/aromatic N) is 1. The molecule has 2 aromatic carbocycles. The van der Waals surface area contributed by atoms with Crippen LogP contribution in [-0.2, 0) is 12.8 Å². The first-order valence-electron chi connectivity index (χ1n) is 7.28. The lowest BCUT2D eigenvalue weighted by molar-refractivity contribution is 0.299. The molecule has 1 N–H and O–H groups in total. The number of hydrogen-bond donors (Lipinski definition) is 1. The molecule has 0 bridgehead atoms. The van der Waals surface area contributed by atoms with E-state index in [0.29, 0.717) is 24.5 Å².